The molecule has 0 aromatic carbocycles. The van der Waals surface area contributed by atoms with Crippen LogP contribution < -0.4 is 0 Å². The van der Waals surface area contributed by atoms with Crippen molar-refractivity contribution >= 4 is 0 Å². The monoisotopic (exact) mass is 153 g/mol. The summed E-state index contributed by atoms with van der Waals surface area (Å²) in [6, 6.07) is 0. The average molecular weight is 153 g/mol. The average Bonchev–Trinajstić information content (AvgIpc) is 2.83. The molecular weight excluding hydrogens is 132 g/mol. The van der Waals surface area contributed by atoms with Crippen molar-refractivity contribution in [2.45, 2.75) is 52.4 Å². The third-order valence-corrected chi connectivity index (χ3v) is 3.53. The van der Waals surface area contributed by atoms with Gasteiger partial charge in [0.25, 0.3) is 0 Å². The molecule has 11 heavy (non-hydrogen) atoms. The zero-order valence-electron chi connectivity index (χ0n) is 8.03. The van der Waals surface area contributed by atoms with Crippen molar-refractivity contribution in [2.75, 3.05) is 0 Å². The standard InChI is InChI=1S/C11H21/c1-4-9-11(5-2,6-3)10-7-8-10/h10H,1,4-9H2,2-3H3. The van der Waals surface area contributed by atoms with E-state index in [-0.39, 0.29) is 0 Å². The molecule has 1 saturated carbocycles. The van der Waals surface area contributed by atoms with Gasteiger partial charge in [-0.05, 0) is 30.6 Å². The summed E-state index contributed by atoms with van der Waals surface area (Å²) in [6.45, 7) is 8.67. The first-order valence-electron chi connectivity index (χ1n) is 5.08. The molecule has 0 nitrogen and oxygen atoms in total. The van der Waals surface area contributed by atoms with Gasteiger partial charge in [-0.1, -0.05) is 40.0 Å². The number of rotatable bonds is 5. The number of hydrogen-bond donors (Lipinski definition) is 0. The van der Waals surface area contributed by atoms with E-state index in [0.29, 0.717) is 5.41 Å². The predicted molar refractivity (Wildman–Crippen MR) is 50.3 cm³/mol. The summed E-state index contributed by atoms with van der Waals surface area (Å²) in [5.74, 6) is 1.05. The topological polar surface area (TPSA) is 0 Å². The number of hydrogen-bond acceptors (Lipinski definition) is 0. The second-order valence-corrected chi connectivity index (χ2v) is 3.95. The Balaban J connectivity index is 2.50. The maximum atomic E-state index is 3.98. The highest BCUT2D eigenvalue weighted by molar-refractivity contribution is 4.92. The molecule has 1 radical (unpaired) electrons. The second kappa shape index (κ2) is 3.60. The molecule has 65 valence electrons. The first-order chi connectivity index (χ1) is 5.29. The molecule has 1 fully saturated rings. The van der Waals surface area contributed by atoms with E-state index in [4.69, 9.17) is 0 Å². The Bertz CT molecular complexity index is 107. The molecule has 0 atom stereocenters. The highest BCUT2D eigenvalue weighted by atomic mass is 14.5. The second-order valence-electron chi connectivity index (χ2n) is 3.95. The first-order valence-corrected chi connectivity index (χ1v) is 5.08. The van der Waals surface area contributed by atoms with Crippen molar-refractivity contribution in [3.05, 3.63) is 6.92 Å². The van der Waals surface area contributed by atoms with E-state index < -0.39 is 0 Å². The van der Waals surface area contributed by atoms with Gasteiger partial charge in [-0.15, -0.1) is 0 Å². The predicted octanol–water partition coefficient (Wildman–Crippen LogP) is 3.82. The van der Waals surface area contributed by atoms with Crippen LogP contribution in [0.15, 0.2) is 0 Å². The fourth-order valence-corrected chi connectivity index (χ4v) is 2.43. The minimum atomic E-state index is 0.682. The molecule has 0 amide bonds. The van der Waals surface area contributed by atoms with Crippen LogP contribution in [0.4, 0.5) is 0 Å². The fraction of sp³-hybridized carbons (Fsp3) is 0.909. The molecule has 0 heteroatoms. The quantitative estimate of drug-likeness (QED) is 0.563. The van der Waals surface area contributed by atoms with Gasteiger partial charge in [0, 0.05) is 0 Å². The summed E-state index contributed by atoms with van der Waals surface area (Å²) >= 11 is 0. The largest absolute Gasteiger partial charge is 0.0648 e. The molecule has 0 aromatic heterocycles. The van der Waals surface area contributed by atoms with Gasteiger partial charge >= 0.3 is 0 Å². The van der Waals surface area contributed by atoms with E-state index in [2.05, 4.69) is 20.8 Å². The lowest BCUT2D eigenvalue weighted by Crippen LogP contribution is -2.21. The molecular formula is C11H21. The SMILES string of the molecule is [CH2]CCC(CC)(CC)C1CC1. The molecule has 0 unspecified atom stereocenters. The lowest BCUT2D eigenvalue weighted by molar-refractivity contribution is 0.198. The third-order valence-electron chi connectivity index (χ3n) is 3.53. The van der Waals surface area contributed by atoms with Gasteiger partial charge in [-0.3, -0.25) is 0 Å². The van der Waals surface area contributed by atoms with Gasteiger partial charge in [-0.2, -0.15) is 0 Å². The van der Waals surface area contributed by atoms with Crippen molar-refractivity contribution in [1.82, 2.24) is 0 Å². The highest BCUT2D eigenvalue weighted by Crippen LogP contribution is 2.52. The van der Waals surface area contributed by atoms with Gasteiger partial charge in [0.15, 0.2) is 0 Å². The molecule has 0 aromatic rings. The summed E-state index contributed by atoms with van der Waals surface area (Å²) in [5, 5.41) is 0. The van der Waals surface area contributed by atoms with E-state index in [1.807, 2.05) is 0 Å². The molecule has 0 aliphatic heterocycles. The normalized spacial score (nSPS) is 18.8. The maximum absolute atomic E-state index is 3.98. The zero-order chi connectivity index (χ0) is 8.32. The van der Waals surface area contributed by atoms with Crippen molar-refractivity contribution in [3.63, 3.8) is 0 Å². The Labute approximate surface area is 71.4 Å². The Morgan fingerprint density at radius 1 is 1.27 bits per heavy atom. The highest BCUT2D eigenvalue weighted by Gasteiger charge is 2.41. The molecule has 1 rings (SSSR count). The first kappa shape index (κ1) is 9.09. The molecule has 0 N–H and O–H groups in total. The molecule has 0 bridgehead atoms. The third kappa shape index (κ3) is 1.77. The molecule has 1 aliphatic rings. The summed E-state index contributed by atoms with van der Waals surface area (Å²) in [5.41, 5.74) is 0.682. The van der Waals surface area contributed by atoms with Crippen molar-refractivity contribution < 1.29 is 0 Å². The zero-order valence-corrected chi connectivity index (χ0v) is 8.03. The Morgan fingerprint density at radius 2 is 1.82 bits per heavy atom. The summed E-state index contributed by atoms with van der Waals surface area (Å²) in [7, 11) is 0. The Hall–Kier alpha value is 0. The van der Waals surface area contributed by atoms with Crippen LogP contribution in [0.25, 0.3) is 0 Å². The van der Waals surface area contributed by atoms with Crippen LogP contribution in [0, 0.1) is 18.3 Å². The van der Waals surface area contributed by atoms with Crippen LogP contribution in [0.2, 0.25) is 0 Å². The van der Waals surface area contributed by atoms with E-state index in [1.165, 1.54) is 32.1 Å². The molecule has 0 heterocycles. The van der Waals surface area contributed by atoms with Gasteiger partial charge < -0.3 is 0 Å². The molecule has 0 saturated heterocycles. The van der Waals surface area contributed by atoms with Crippen molar-refractivity contribution in [1.29, 1.82) is 0 Å². The minimum Gasteiger partial charge on any atom is -0.0648 e. The van der Waals surface area contributed by atoms with Crippen molar-refractivity contribution in [2.24, 2.45) is 11.3 Å². The van der Waals surface area contributed by atoms with Gasteiger partial charge in [0.2, 0.25) is 0 Å². The van der Waals surface area contributed by atoms with Crippen LogP contribution in [-0.4, -0.2) is 0 Å². The van der Waals surface area contributed by atoms with Gasteiger partial charge in [0.05, 0.1) is 0 Å². The van der Waals surface area contributed by atoms with Crippen LogP contribution >= 0.6 is 0 Å². The van der Waals surface area contributed by atoms with Gasteiger partial charge in [0.1, 0.15) is 0 Å². The lowest BCUT2D eigenvalue weighted by Gasteiger charge is -2.31. The van der Waals surface area contributed by atoms with E-state index in [9.17, 15) is 0 Å². The summed E-state index contributed by atoms with van der Waals surface area (Å²) in [4.78, 5) is 0. The van der Waals surface area contributed by atoms with Crippen LogP contribution in [0.5, 0.6) is 0 Å². The molecule has 1 aliphatic carbocycles. The van der Waals surface area contributed by atoms with Crippen LogP contribution in [0.3, 0.4) is 0 Å². The Morgan fingerprint density at radius 3 is 2.09 bits per heavy atom. The van der Waals surface area contributed by atoms with Crippen LogP contribution in [-0.2, 0) is 0 Å². The fourth-order valence-electron chi connectivity index (χ4n) is 2.43. The molecule has 0 spiro atoms. The van der Waals surface area contributed by atoms with E-state index in [0.717, 1.165) is 12.3 Å². The van der Waals surface area contributed by atoms with Crippen molar-refractivity contribution in [3.8, 4) is 0 Å². The summed E-state index contributed by atoms with van der Waals surface area (Å²) < 4.78 is 0. The smallest absolute Gasteiger partial charge is 0.0274 e. The lowest BCUT2D eigenvalue weighted by atomic mass is 9.74. The van der Waals surface area contributed by atoms with Gasteiger partial charge in [-0.25, -0.2) is 0 Å². The van der Waals surface area contributed by atoms with E-state index in [1.54, 1.807) is 0 Å². The Kier molecular flexibility index (Phi) is 2.98. The van der Waals surface area contributed by atoms with Crippen LogP contribution in [0.1, 0.15) is 52.4 Å². The maximum Gasteiger partial charge on any atom is -0.0274 e. The minimum absolute atomic E-state index is 0.682. The summed E-state index contributed by atoms with van der Waals surface area (Å²) in [6.07, 6.45) is 8.18. The van der Waals surface area contributed by atoms with E-state index >= 15 is 0 Å².